The molecule has 3 N–H and O–H groups in total. The molecule has 5 aliphatic rings. The standard InChI is InChI=1S/C43H46N10O5/c44-20-25-17-30-22-47-53(39(30)46-21-25)37-19-35(48-31-3-1-2-4-31)34(23-45-37)40(55)49-32-9-7-27(8-10-32)42(57)51-15-13-26(14-16-51)28-5-6-29-24-52(43(58)33(29)18-28)36-11-12-38(54)50-41(36)56/h5-6,17-19,21-23,26-27,31-32,36H,1-4,7-16,24H2,(H,45,48)(H,49,55)(H,50,54,56). The SMILES string of the molecule is N#Cc1cnc2c(cnn2-c2cc(NC3CCCC3)c(C(=O)NC3CCC(C(=O)N4CCC(c5ccc6c(c5)C(=O)N(C5CCC(=O)NC5=O)C6)CC4)CC3)cn2)c1. The summed E-state index contributed by atoms with van der Waals surface area (Å²) < 4.78 is 1.62. The van der Waals surface area contributed by atoms with Gasteiger partial charge in [-0.25, -0.2) is 9.97 Å². The highest BCUT2D eigenvalue weighted by molar-refractivity contribution is 6.05. The summed E-state index contributed by atoms with van der Waals surface area (Å²) in [5.41, 5.74) is 4.77. The Morgan fingerprint density at radius 3 is 2.41 bits per heavy atom. The third kappa shape index (κ3) is 7.27. The van der Waals surface area contributed by atoms with Crippen LogP contribution < -0.4 is 16.0 Å². The molecule has 1 unspecified atom stereocenters. The number of hydrogen-bond acceptors (Lipinski definition) is 10. The topological polar surface area (TPSA) is 195 Å². The van der Waals surface area contributed by atoms with Gasteiger partial charge in [-0.2, -0.15) is 15.0 Å². The molecule has 0 spiro atoms. The van der Waals surface area contributed by atoms with E-state index in [-0.39, 0.29) is 54.0 Å². The number of nitriles is 1. The van der Waals surface area contributed by atoms with Gasteiger partial charge in [0.2, 0.25) is 17.7 Å². The van der Waals surface area contributed by atoms with Crippen LogP contribution in [0, 0.1) is 17.2 Å². The van der Waals surface area contributed by atoms with Gasteiger partial charge in [-0.1, -0.05) is 25.0 Å². The number of carbonyl (C=O) groups is 5. The Balaban J connectivity index is 0.791. The lowest BCUT2D eigenvalue weighted by Crippen LogP contribution is -2.52. The van der Waals surface area contributed by atoms with Crippen LogP contribution in [-0.4, -0.2) is 90.3 Å². The first-order valence-electron chi connectivity index (χ1n) is 20.6. The van der Waals surface area contributed by atoms with Crippen molar-refractivity contribution in [3.05, 3.63) is 76.7 Å². The second kappa shape index (κ2) is 15.6. The number of pyridine rings is 2. The van der Waals surface area contributed by atoms with Gasteiger partial charge in [0.05, 0.1) is 23.0 Å². The van der Waals surface area contributed by atoms with E-state index in [0.717, 1.165) is 55.0 Å². The molecular formula is C43H46N10O5. The molecule has 15 nitrogen and oxygen atoms in total. The number of amides is 5. The number of anilines is 1. The summed E-state index contributed by atoms with van der Waals surface area (Å²) in [4.78, 5) is 77.6. The molecule has 58 heavy (non-hydrogen) atoms. The maximum atomic E-state index is 13.8. The maximum Gasteiger partial charge on any atom is 0.255 e. The van der Waals surface area contributed by atoms with E-state index < -0.39 is 11.9 Å². The van der Waals surface area contributed by atoms with E-state index in [4.69, 9.17) is 0 Å². The first kappa shape index (κ1) is 37.4. The lowest BCUT2D eigenvalue weighted by Gasteiger charge is -2.36. The number of imide groups is 1. The van der Waals surface area contributed by atoms with E-state index in [1.54, 1.807) is 28.0 Å². The predicted molar refractivity (Wildman–Crippen MR) is 212 cm³/mol. The van der Waals surface area contributed by atoms with Crippen molar-refractivity contribution < 1.29 is 24.0 Å². The molecule has 4 aromatic rings. The van der Waals surface area contributed by atoms with Crippen LogP contribution in [0.3, 0.4) is 0 Å². The minimum atomic E-state index is -0.636. The van der Waals surface area contributed by atoms with Gasteiger partial charge in [-0.15, -0.1) is 0 Å². The third-order valence-corrected chi connectivity index (χ3v) is 12.8. The van der Waals surface area contributed by atoms with Crippen LogP contribution >= 0.6 is 0 Å². The Hall–Kier alpha value is -6.17. The average molecular weight is 783 g/mol. The Labute approximate surface area is 335 Å². The van der Waals surface area contributed by atoms with Crippen molar-refractivity contribution in [1.29, 1.82) is 5.26 Å². The van der Waals surface area contributed by atoms with Crippen molar-refractivity contribution in [2.75, 3.05) is 18.4 Å². The van der Waals surface area contributed by atoms with Gasteiger partial charge < -0.3 is 20.4 Å². The fourth-order valence-corrected chi connectivity index (χ4v) is 9.57. The van der Waals surface area contributed by atoms with Gasteiger partial charge >= 0.3 is 0 Å². The molecule has 2 aliphatic carbocycles. The minimum absolute atomic E-state index is 0.0525. The van der Waals surface area contributed by atoms with E-state index in [9.17, 15) is 29.2 Å². The zero-order valence-corrected chi connectivity index (χ0v) is 32.3. The number of nitrogens with one attached hydrogen (secondary N) is 3. The number of aromatic nitrogens is 4. The van der Waals surface area contributed by atoms with Crippen LogP contribution in [0.1, 0.15) is 120 Å². The van der Waals surface area contributed by atoms with Crippen LogP contribution in [0.5, 0.6) is 0 Å². The second-order valence-electron chi connectivity index (χ2n) is 16.5. The number of fused-ring (bicyclic) bond motifs is 2. The van der Waals surface area contributed by atoms with Gasteiger partial charge in [0.1, 0.15) is 12.1 Å². The first-order valence-corrected chi connectivity index (χ1v) is 20.6. The van der Waals surface area contributed by atoms with E-state index in [1.807, 2.05) is 23.1 Å². The number of carbonyl (C=O) groups excluding carboxylic acids is 5. The fraction of sp³-hybridized carbons (Fsp3) is 0.465. The Bertz CT molecular complexity index is 2350. The number of hydrogen-bond donors (Lipinski definition) is 3. The molecular weight excluding hydrogens is 737 g/mol. The summed E-state index contributed by atoms with van der Waals surface area (Å²) in [5.74, 6) is -0.236. The summed E-state index contributed by atoms with van der Waals surface area (Å²) in [7, 11) is 0. The minimum Gasteiger partial charge on any atom is -0.382 e. The lowest BCUT2D eigenvalue weighted by atomic mass is 9.83. The van der Waals surface area contributed by atoms with Crippen LogP contribution in [0.25, 0.3) is 16.9 Å². The Kier molecular flexibility index (Phi) is 10.1. The fourth-order valence-electron chi connectivity index (χ4n) is 9.57. The van der Waals surface area contributed by atoms with Crippen molar-refractivity contribution in [2.24, 2.45) is 5.92 Å². The molecule has 4 fully saturated rings. The Morgan fingerprint density at radius 1 is 0.862 bits per heavy atom. The Morgan fingerprint density at radius 2 is 1.66 bits per heavy atom. The molecule has 0 bridgehead atoms. The molecule has 298 valence electrons. The van der Waals surface area contributed by atoms with Crippen LogP contribution in [0.2, 0.25) is 0 Å². The summed E-state index contributed by atoms with van der Waals surface area (Å²) >= 11 is 0. The van der Waals surface area contributed by atoms with Gasteiger partial charge in [-0.05, 0) is 87.0 Å². The summed E-state index contributed by atoms with van der Waals surface area (Å²) in [5, 5.41) is 23.7. The van der Waals surface area contributed by atoms with E-state index in [0.29, 0.717) is 85.6 Å². The monoisotopic (exact) mass is 782 g/mol. The molecule has 9 rings (SSSR count). The smallest absolute Gasteiger partial charge is 0.255 e. The second-order valence-corrected chi connectivity index (χ2v) is 16.5. The van der Waals surface area contributed by atoms with Crippen molar-refractivity contribution in [3.8, 4) is 11.9 Å². The number of rotatable bonds is 8. The highest BCUT2D eigenvalue weighted by atomic mass is 16.2. The molecule has 2 saturated carbocycles. The van der Waals surface area contributed by atoms with Gasteiger partial charge in [-0.3, -0.25) is 29.3 Å². The zero-order chi connectivity index (χ0) is 39.9. The van der Waals surface area contributed by atoms with Crippen molar-refractivity contribution in [2.45, 2.75) is 108 Å². The van der Waals surface area contributed by atoms with Crippen molar-refractivity contribution >= 4 is 46.3 Å². The zero-order valence-electron chi connectivity index (χ0n) is 32.3. The van der Waals surface area contributed by atoms with E-state index >= 15 is 0 Å². The van der Waals surface area contributed by atoms with Gasteiger partial charge in [0.25, 0.3) is 11.8 Å². The number of nitrogens with zero attached hydrogens (tertiary/aromatic N) is 7. The van der Waals surface area contributed by atoms with Gasteiger partial charge in [0.15, 0.2) is 11.5 Å². The molecule has 2 saturated heterocycles. The number of likely N-dealkylation sites (tertiary alicyclic amines) is 1. The highest BCUT2D eigenvalue weighted by Gasteiger charge is 2.40. The van der Waals surface area contributed by atoms with Crippen molar-refractivity contribution in [1.82, 2.24) is 40.2 Å². The highest BCUT2D eigenvalue weighted by Crippen LogP contribution is 2.35. The molecule has 5 amide bonds. The average Bonchev–Trinajstić information content (AvgIpc) is 4.00. The van der Waals surface area contributed by atoms with Crippen LogP contribution in [0.4, 0.5) is 5.69 Å². The summed E-state index contributed by atoms with van der Waals surface area (Å²) in [6, 6.07) is 11.3. The molecule has 1 atom stereocenters. The molecule has 0 radical (unpaired) electrons. The van der Waals surface area contributed by atoms with E-state index in [1.165, 1.54) is 6.20 Å². The van der Waals surface area contributed by atoms with Gasteiger partial charge in [0, 0.05) is 73.5 Å². The molecule has 1 aromatic carbocycles. The molecule has 6 heterocycles. The normalized spacial score (nSPS) is 22.8. The summed E-state index contributed by atoms with van der Waals surface area (Å²) in [6.07, 6.45) is 14.1. The summed E-state index contributed by atoms with van der Waals surface area (Å²) in [6.45, 7) is 1.66. The van der Waals surface area contributed by atoms with E-state index in [2.05, 4.69) is 43.2 Å². The molecule has 15 heteroatoms. The largest absolute Gasteiger partial charge is 0.382 e. The number of benzene rings is 1. The quantitative estimate of drug-likeness (QED) is 0.214. The first-order chi connectivity index (χ1) is 28.2. The number of piperidine rings is 2. The van der Waals surface area contributed by atoms with Crippen LogP contribution in [0.15, 0.2) is 48.9 Å². The van der Waals surface area contributed by atoms with Crippen LogP contribution in [-0.2, 0) is 20.9 Å². The molecule has 3 aliphatic heterocycles. The maximum absolute atomic E-state index is 13.8. The van der Waals surface area contributed by atoms with Crippen molar-refractivity contribution in [3.63, 3.8) is 0 Å². The lowest BCUT2D eigenvalue weighted by molar-refractivity contribution is -0.138. The third-order valence-electron chi connectivity index (χ3n) is 12.8. The molecule has 3 aromatic heterocycles. The predicted octanol–water partition coefficient (Wildman–Crippen LogP) is 4.50.